The number of anilines is 1. The van der Waals surface area contributed by atoms with E-state index in [0.29, 0.717) is 12.3 Å². The number of aromatic nitrogens is 1. The Balaban J connectivity index is 1.92. The molecular weight excluding hydrogens is 238 g/mol. The van der Waals surface area contributed by atoms with Crippen molar-refractivity contribution in [1.82, 2.24) is 4.98 Å². The Hall–Kier alpha value is -2.54. The molecule has 0 spiro atoms. The largest absolute Gasteiger partial charge is 0.491 e. The summed E-state index contributed by atoms with van der Waals surface area (Å²) in [7, 11) is 0. The third-order valence-electron chi connectivity index (χ3n) is 3.13. The number of rotatable bonds is 1. The molecule has 0 N–H and O–H groups in total. The molecule has 3 rings (SSSR count). The molecule has 1 aliphatic heterocycles. The highest BCUT2D eigenvalue weighted by Gasteiger charge is 2.16. The topological polar surface area (TPSA) is 49.2 Å². The Morgan fingerprint density at radius 2 is 2.05 bits per heavy atom. The first-order valence-electron chi connectivity index (χ1n) is 6.19. The van der Waals surface area contributed by atoms with E-state index >= 15 is 0 Å². The van der Waals surface area contributed by atoms with Crippen molar-refractivity contribution in [3.8, 4) is 11.8 Å². The van der Waals surface area contributed by atoms with Gasteiger partial charge in [0.05, 0.1) is 6.54 Å². The summed E-state index contributed by atoms with van der Waals surface area (Å²) in [4.78, 5) is 6.47. The van der Waals surface area contributed by atoms with Crippen LogP contribution in [0.5, 0.6) is 5.75 Å². The average Bonchev–Trinajstić information content (AvgIpc) is 2.69. The maximum absolute atomic E-state index is 8.92. The third-order valence-corrected chi connectivity index (χ3v) is 3.13. The van der Waals surface area contributed by atoms with E-state index in [-0.39, 0.29) is 0 Å². The Morgan fingerprint density at radius 1 is 1.16 bits per heavy atom. The molecular formula is C15H13N3O. The smallest absolute Gasteiger partial charge is 0.142 e. The first-order chi connectivity index (χ1) is 9.36. The molecule has 0 radical (unpaired) electrons. The number of fused-ring (bicyclic) bond motifs is 1. The Labute approximate surface area is 111 Å². The summed E-state index contributed by atoms with van der Waals surface area (Å²) in [6.45, 7) is 2.13. The van der Waals surface area contributed by atoms with E-state index in [9.17, 15) is 0 Å². The third kappa shape index (κ3) is 2.36. The minimum absolute atomic E-state index is 0.441. The summed E-state index contributed by atoms with van der Waals surface area (Å²) in [5, 5.41) is 8.92. The van der Waals surface area contributed by atoms with Gasteiger partial charge < -0.3 is 9.64 Å². The van der Waals surface area contributed by atoms with Gasteiger partial charge in [-0.3, -0.25) is 0 Å². The van der Waals surface area contributed by atoms with Crippen LogP contribution in [0, 0.1) is 11.3 Å². The fourth-order valence-electron chi connectivity index (χ4n) is 2.18. The molecule has 0 amide bonds. The predicted molar refractivity (Wildman–Crippen MR) is 71.9 cm³/mol. The van der Waals surface area contributed by atoms with Crippen molar-refractivity contribution in [3.05, 3.63) is 53.7 Å². The van der Waals surface area contributed by atoms with Crippen molar-refractivity contribution in [3.63, 3.8) is 0 Å². The van der Waals surface area contributed by atoms with Gasteiger partial charge in [-0.1, -0.05) is 24.3 Å². The summed E-state index contributed by atoms with van der Waals surface area (Å²) < 4.78 is 5.72. The van der Waals surface area contributed by atoms with Gasteiger partial charge in [-0.05, 0) is 18.2 Å². The van der Waals surface area contributed by atoms with Crippen molar-refractivity contribution in [2.75, 3.05) is 18.1 Å². The van der Waals surface area contributed by atoms with E-state index in [2.05, 4.69) is 22.0 Å². The number of hydrogen-bond donors (Lipinski definition) is 0. The SMILES string of the molecule is N#Cc1cccc(N2CCOc3ccccc3C2)n1. The molecule has 4 nitrogen and oxygen atoms in total. The van der Waals surface area contributed by atoms with Gasteiger partial charge >= 0.3 is 0 Å². The maximum Gasteiger partial charge on any atom is 0.142 e. The van der Waals surface area contributed by atoms with Gasteiger partial charge in [0.25, 0.3) is 0 Å². The summed E-state index contributed by atoms with van der Waals surface area (Å²) in [6, 6.07) is 15.6. The molecule has 0 unspecified atom stereocenters. The molecule has 0 fully saturated rings. The molecule has 0 aliphatic carbocycles. The van der Waals surface area contributed by atoms with E-state index < -0.39 is 0 Å². The number of ether oxygens (including phenoxy) is 1. The quantitative estimate of drug-likeness (QED) is 0.780. The number of pyridine rings is 1. The number of nitrogens with zero attached hydrogens (tertiary/aromatic N) is 3. The molecule has 94 valence electrons. The predicted octanol–water partition coefficient (Wildman–Crippen LogP) is 2.35. The zero-order valence-corrected chi connectivity index (χ0v) is 10.4. The molecule has 0 bridgehead atoms. The summed E-state index contributed by atoms with van der Waals surface area (Å²) in [5.41, 5.74) is 1.58. The lowest BCUT2D eigenvalue weighted by molar-refractivity contribution is 0.331. The Bertz CT molecular complexity index is 633. The zero-order valence-electron chi connectivity index (χ0n) is 10.4. The van der Waals surface area contributed by atoms with Gasteiger partial charge in [0.15, 0.2) is 0 Å². The normalized spacial score (nSPS) is 13.9. The Morgan fingerprint density at radius 3 is 2.95 bits per heavy atom. The second-order valence-electron chi connectivity index (χ2n) is 4.37. The van der Waals surface area contributed by atoms with E-state index in [1.54, 1.807) is 6.07 Å². The molecule has 0 atom stereocenters. The van der Waals surface area contributed by atoms with Gasteiger partial charge in [-0.15, -0.1) is 0 Å². The van der Waals surface area contributed by atoms with Gasteiger partial charge in [-0.2, -0.15) is 5.26 Å². The summed E-state index contributed by atoms with van der Waals surface area (Å²) in [6.07, 6.45) is 0. The zero-order chi connectivity index (χ0) is 13.1. The van der Waals surface area contributed by atoms with Gasteiger partial charge in [0, 0.05) is 12.1 Å². The van der Waals surface area contributed by atoms with Crippen LogP contribution in [0.3, 0.4) is 0 Å². The summed E-state index contributed by atoms with van der Waals surface area (Å²) >= 11 is 0. The number of hydrogen-bond acceptors (Lipinski definition) is 4. The fourth-order valence-corrected chi connectivity index (χ4v) is 2.18. The van der Waals surface area contributed by atoms with Crippen molar-refractivity contribution in [2.45, 2.75) is 6.54 Å². The van der Waals surface area contributed by atoms with Crippen LogP contribution in [0.2, 0.25) is 0 Å². The molecule has 19 heavy (non-hydrogen) atoms. The molecule has 1 aromatic heterocycles. The van der Waals surface area contributed by atoms with E-state index in [1.807, 2.05) is 30.3 Å². The van der Waals surface area contributed by atoms with Crippen LogP contribution in [0.15, 0.2) is 42.5 Å². The van der Waals surface area contributed by atoms with E-state index in [1.165, 1.54) is 0 Å². The number of nitriles is 1. The molecule has 2 heterocycles. The first-order valence-corrected chi connectivity index (χ1v) is 6.19. The van der Waals surface area contributed by atoms with Crippen LogP contribution in [0.1, 0.15) is 11.3 Å². The highest BCUT2D eigenvalue weighted by molar-refractivity contribution is 5.45. The van der Waals surface area contributed by atoms with Gasteiger partial charge in [0.2, 0.25) is 0 Å². The molecule has 1 aliphatic rings. The van der Waals surface area contributed by atoms with Gasteiger partial charge in [0.1, 0.15) is 29.9 Å². The van der Waals surface area contributed by atoms with Gasteiger partial charge in [-0.25, -0.2) is 4.98 Å². The van der Waals surface area contributed by atoms with Crippen LogP contribution >= 0.6 is 0 Å². The minimum atomic E-state index is 0.441. The highest BCUT2D eigenvalue weighted by Crippen LogP contribution is 2.25. The van der Waals surface area contributed by atoms with E-state index in [4.69, 9.17) is 10.00 Å². The number of benzene rings is 1. The molecule has 2 aromatic rings. The van der Waals surface area contributed by atoms with Crippen LogP contribution < -0.4 is 9.64 Å². The van der Waals surface area contributed by atoms with Crippen molar-refractivity contribution >= 4 is 5.82 Å². The van der Waals surface area contributed by atoms with Crippen LogP contribution in [-0.2, 0) is 6.54 Å². The maximum atomic E-state index is 8.92. The minimum Gasteiger partial charge on any atom is -0.491 e. The molecule has 0 saturated carbocycles. The lowest BCUT2D eigenvalue weighted by atomic mass is 10.2. The van der Waals surface area contributed by atoms with Crippen molar-refractivity contribution < 1.29 is 4.74 Å². The number of para-hydroxylation sites is 1. The summed E-state index contributed by atoms with van der Waals surface area (Å²) in [5.74, 6) is 1.75. The molecule has 1 aromatic carbocycles. The Kier molecular flexibility index (Phi) is 3.03. The highest BCUT2D eigenvalue weighted by atomic mass is 16.5. The van der Waals surface area contributed by atoms with Crippen LogP contribution in [-0.4, -0.2) is 18.1 Å². The first kappa shape index (κ1) is 11.5. The standard InChI is InChI=1S/C15H13N3O/c16-10-13-5-3-7-15(17-13)18-8-9-19-14-6-2-1-4-12(14)11-18/h1-7H,8-9,11H2. The fraction of sp³-hybridized carbons (Fsp3) is 0.200. The average molecular weight is 251 g/mol. The lowest BCUT2D eigenvalue weighted by Gasteiger charge is -2.20. The monoisotopic (exact) mass is 251 g/mol. The van der Waals surface area contributed by atoms with Crippen molar-refractivity contribution in [1.29, 1.82) is 5.26 Å². The second kappa shape index (κ2) is 4.99. The lowest BCUT2D eigenvalue weighted by Crippen LogP contribution is -2.26. The molecule has 4 heteroatoms. The molecule has 0 saturated heterocycles. The van der Waals surface area contributed by atoms with E-state index in [0.717, 1.165) is 30.2 Å². The van der Waals surface area contributed by atoms with Crippen LogP contribution in [0.25, 0.3) is 0 Å². The van der Waals surface area contributed by atoms with Crippen molar-refractivity contribution in [2.24, 2.45) is 0 Å². The van der Waals surface area contributed by atoms with Crippen LogP contribution in [0.4, 0.5) is 5.82 Å². The second-order valence-corrected chi connectivity index (χ2v) is 4.37.